The molecule has 0 atom stereocenters. The van der Waals surface area contributed by atoms with Crippen LogP contribution in [-0.2, 0) is 23.2 Å². The summed E-state index contributed by atoms with van der Waals surface area (Å²) >= 11 is -0.152. The second-order valence-electron chi connectivity index (χ2n) is 2.33. The number of halogens is 3. The van der Waals surface area contributed by atoms with Crippen LogP contribution >= 0.6 is 0 Å². The van der Waals surface area contributed by atoms with Crippen LogP contribution in [0.2, 0.25) is 4.13 Å². The Hall–Kier alpha value is 0.973. The minimum absolute atomic E-state index is 0. The third kappa shape index (κ3) is 9.28. The molecule has 0 amide bonds. The monoisotopic (exact) mass is 315 g/mol. The second kappa shape index (κ2) is 13.0. The SMILES string of the molecule is C=CC[CH2][Zr+3][C]1=CC=CC1.[Cl-].[Cl-].[Cl-]. The van der Waals surface area contributed by atoms with Crippen molar-refractivity contribution >= 4 is 0 Å². The molecule has 1 aliphatic carbocycles. The molecule has 0 saturated carbocycles. The van der Waals surface area contributed by atoms with E-state index in [4.69, 9.17) is 0 Å². The number of rotatable bonds is 4. The van der Waals surface area contributed by atoms with Gasteiger partial charge in [0.25, 0.3) is 0 Å². The van der Waals surface area contributed by atoms with Crippen molar-refractivity contribution in [2.24, 2.45) is 0 Å². The summed E-state index contributed by atoms with van der Waals surface area (Å²) in [6.45, 7) is 3.72. The van der Waals surface area contributed by atoms with Gasteiger partial charge in [-0.2, -0.15) is 0 Å². The van der Waals surface area contributed by atoms with E-state index in [1.807, 2.05) is 6.08 Å². The zero-order valence-corrected chi connectivity index (χ0v) is 12.0. The topological polar surface area (TPSA) is 0 Å². The Balaban J connectivity index is -0.000000333. The van der Waals surface area contributed by atoms with Gasteiger partial charge >= 0.3 is 74.4 Å². The van der Waals surface area contributed by atoms with Gasteiger partial charge < -0.3 is 37.2 Å². The molecule has 0 spiro atoms. The second-order valence-corrected chi connectivity index (χ2v) is 6.01. The molecular formula is C9H12Cl3Zr. The summed E-state index contributed by atoms with van der Waals surface area (Å²) in [6, 6.07) is 0. The third-order valence-corrected chi connectivity index (χ3v) is 4.82. The van der Waals surface area contributed by atoms with Crippen molar-refractivity contribution in [2.75, 3.05) is 0 Å². The van der Waals surface area contributed by atoms with Gasteiger partial charge in [0, 0.05) is 0 Å². The molecule has 13 heavy (non-hydrogen) atoms. The molecule has 0 aromatic rings. The van der Waals surface area contributed by atoms with E-state index >= 15 is 0 Å². The Kier molecular flexibility index (Phi) is 19.5. The van der Waals surface area contributed by atoms with Crippen molar-refractivity contribution in [3.8, 4) is 0 Å². The molecule has 1 rings (SSSR count). The maximum Gasteiger partial charge on any atom is -1.00 e. The van der Waals surface area contributed by atoms with Gasteiger partial charge in [0.2, 0.25) is 0 Å². The van der Waals surface area contributed by atoms with Crippen LogP contribution in [0, 0.1) is 0 Å². The van der Waals surface area contributed by atoms with Gasteiger partial charge in [-0.3, -0.25) is 0 Å². The van der Waals surface area contributed by atoms with Gasteiger partial charge in [-0.25, -0.2) is 0 Å². The Morgan fingerprint density at radius 2 is 2.08 bits per heavy atom. The summed E-state index contributed by atoms with van der Waals surface area (Å²) in [5.74, 6) is 0. The molecule has 0 radical (unpaired) electrons. The number of allylic oxidation sites excluding steroid dienone is 5. The summed E-state index contributed by atoms with van der Waals surface area (Å²) < 4.78 is 3.17. The van der Waals surface area contributed by atoms with Gasteiger partial charge in [-0.15, -0.1) is 0 Å². The molecule has 0 bridgehead atoms. The predicted octanol–water partition coefficient (Wildman–Crippen LogP) is -6.08. The van der Waals surface area contributed by atoms with E-state index in [2.05, 4.69) is 24.8 Å². The van der Waals surface area contributed by atoms with Crippen LogP contribution in [0.15, 0.2) is 34.2 Å². The molecule has 0 fully saturated rings. The van der Waals surface area contributed by atoms with Crippen LogP contribution in [0.4, 0.5) is 0 Å². The first-order valence-corrected chi connectivity index (χ1v) is 6.60. The van der Waals surface area contributed by atoms with E-state index in [9.17, 15) is 0 Å². The molecule has 0 aromatic carbocycles. The quantitative estimate of drug-likeness (QED) is 0.358. The first-order chi connectivity index (χ1) is 4.93. The van der Waals surface area contributed by atoms with Crippen molar-refractivity contribution in [3.05, 3.63) is 34.2 Å². The zero-order valence-electron chi connectivity index (χ0n) is 7.27. The Morgan fingerprint density at radius 1 is 1.38 bits per heavy atom. The molecule has 0 heterocycles. The molecule has 0 nitrogen and oxygen atoms in total. The maximum absolute atomic E-state index is 3.72. The molecule has 0 N–H and O–H groups in total. The van der Waals surface area contributed by atoms with Gasteiger partial charge in [0.1, 0.15) is 0 Å². The van der Waals surface area contributed by atoms with E-state index in [1.165, 1.54) is 17.0 Å². The van der Waals surface area contributed by atoms with Crippen LogP contribution in [-0.4, -0.2) is 0 Å². The van der Waals surface area contributed by atoms with Gasteiger partial charge in [-0.1, -0.05) is 0 Å². The molecule has 0 aliphatic heterocycles. The van der Waals surface area contributed by atoms with E-state index in [1.54, 1.807) is 3.28 Å². The van der Waals surface area contributed by atoms with Crippen LogP contribution < -0.4 is 37.2 Å². The van der Waals surface area contributed by atoms with Crippen molar-refractivity contribution in [1.29, 1.82) is 0 Å². The van der Waals surface area contributed by atoms with Gasteiger partial charge in [-0.05, 0) is 0 Å². The van der Waals surface area contributed by atoms with Crippen LogP contribution in [0.5, 0.6) is 0 Å². The van der Waals surface area contributed by atoms with E-state index in [0.717, 1.165) is 0 Å². The fourth-order valence-electron chi connectivity index (χ4n) is 0.913. The fourth-order valence-corrected chi connectivity index (χ4v) is 3.73. The van der Waals surface area contributed by atoms with Crippen LogP contribution in [0.1, 0.15) is 12.8 Å². The van der Waals surface area contributed by atoms with Crippen molar-refractivity contribution < 1.29 is 60.5 Å². The predicted molar refractivity (Wildman–Crippen MR) is 41.5 cm³/mol. The van der Waals surface area contributed by atoms with Crippen molar-refractivity contribution in [2.45, 2.75) is 17.0 Å². The van der Waals surface area contributed by atoms with Crippen molar-refractivity contribution in [1.82, 2.24) is 0 Å². The average Bonchev–Trinajstić information content (AvgIpc) is 2.41. The summed E-state index contributed by atoms with van der Waals surface area (Å²) in [5.41, 5.74) is 0. The molecular weight excluding hydrogens is 306 g/mol. The largest absolute Gasteiger partial charge is 1.00 e. The molecule has 73 valence electrons. The Morgan fingerprint density at radius 3 is 2.54 bits per heavy atom. The summed E-state index contributed by atoms with van der Waals surface area (Å²) in [5, 5.41) is 0. The van der Waals surface area contributed by atoms with E-state index in [0.29, 0.717) is 0 Å². The summed E-state index contributed by atoms with van der Waals surface area (Å²) in [7, 11) is 0. The minimum atomic E-state index is -0.152. The molecule has 0 unspecified atom stereocenters. The molecule has 0 aromatic heterocycles. The molecule has 1 aliphatic rings. The first-order valence-electron chi connectivity index (χ1n) is 3.64. The van der Waals surface area contributed by atoms with Crippen molar-refractivity contribution in [3.63, 3.8) is 0 Å². The van der Waals surface area contributed by atoms with E-state index in [-0.39, 0.29) is 60.5 Å². The van der Waals surface area contributed by atoms with Crippen LogP contribution in [0.25, 0.3) is 0 Å². The Bertz CT molecular complexity index is 176. The number of hydrogen-bond acceptors (Lipinski definition) is 0. The Labute approximate surface area is 111 Å². The van der Waals surface area contributed by atoms with E-state index < -0.39 is 0 Å². The number of hydrogen-bond donors (Lipinski definition) is 0. The zero-order chi connectivity index (χ0) is 7.23. The average molecular weight is 318 g/mol. The maximum atomic E-state index is 3.72. The van der Waals surface area contributed by atoms with Crippen LogP contribution in [0.3, 0.4) is 0 Å². The smallest absolute Gasteiger partial charge is 1.00 e. The molecule has 4 heteroatoms. The summed E-state index contributed by atoms with van der Waals surface area (Å²) in [6.07, 6.45) is 11.2. The standard InChI is InChI=1S/C5H5.C4H7.3ClH.Zr/c1-2-4-5-3-1;1-3-4-2;;;;/h1-3H,4H2;3H,1-2,4H2;3*1H;/q;;;;;+3/p-3. The first kappa shape index (κ1) is 19.5. The normalized spacial score (nSPS) is 11.2. The fraction of sp³-hybridized carbons (Fsp3) is 0.333. The third-order valence-electron chi connectivity index (χ3n) is 1.47. The summed E-state index contributed by atoms with van der Waals surface area (Å²) in [4.78, 5) is 0. The van der Waals surface area contributed by atoms with Gasteiger partial charge in [0.15, 0.2) is 0 Å². The van der Waals surface area contributed by atoms with Gasteiger partial charge in [0.05, 0.1) is 0 Å². The minimum Gasteiger partial charge on any atom is -1.00 e. The molecule has 0 saturated heterocycles.